The van der Waals surface area contributed by atoms with Crippen LogP contribution in [0.25, 0.3) is 0 Å². The molecule has 2 fully saturated rings. The Kier molecular flexibility index (Phi) is 4.07. The molecular formula is C14H20N2O3S. The molecule has 0 radical (unpaired) electrons. The minimum Gasteiger partial charge on any atom is -0.378 e. The molecule has 0 aliphatic carbocycles. The standard InChI is InChI=1S/C14H20N2O3S/c17-20(18,12-13-4-2-1-3-5-13)16-7-6-15-8-9-19-11-14(15)10-16/h1-5,14H,6-12H2/t14-/m1/s1. The highest BCUT2D eigenvalue weighted by atomic mass is 32.2. The molecular weight excluding hydrogens is 276 g/mol. The van der Waals surface area contributed by atoms with E-state index in [0.717, 1.165) is 25.3 Å². The molecule has 1 aromatic carbocycles. The molecule has 0 amide bonds. The van der Waals surface area contributed by atoms with Gasteiger partial charge in [0.1, 0.15) is 0 Å². The maximum absolute atomic E-state index is 12.5. The average molecular weight is 296 g/mol. The Bertz CT molecular complexity index is 547. The minimum absolute atomic E-state index is 0.0847. The molecule has 0 aromatic heterocycles. The molecule has 3 rings (SSSR count). The molecule has 5 nitrogen and oxygen atoms in total. The summed E-state index contributed by atoms with van der Waals surface area (Å²) >= 11 is 0. The van der Waals surface area contributed by atoms with Crippen LogP contribution in [0.5, 0.6) is 0 Å². The van der Waals surface area contributed by atoms with Crippen LogP contribution in [0.2, 0.25) is 0 Å². The molecule has 110 valence electrons. The van der Waals surface area contributed by atoms with Crippen LogP contribution in [0.1, 0.15) is 5.56 Å². The molecule has 2 aliphatic heterocycles. The third-order valence-corrected chi connectivity index (χ3v) is 5.80. The van der Waals surface area contributed by atoms with Gasteiger partial charge < -0.3 is 4.74 Å². The van der Waals surface area contributed by atoms with E-state index in [1.807, 2.05) is 30.3 Å². The van der Waals surface area contributed by atoms with Crippen molar-refractivity contribution in [2.24, 2.45) is 0 Å². The number of fused-ring (bicyclic) bond motifs is 1. The van der Waals surface area contributed by atoms with E-state index in [1.54, 1.807) is 4.31 Å². The van der Waals surface area contributed by atoms with Crippen molar-refractivity contribution >= 4 is 10.0 Å². The lowest BCUT2D eigenvalue weighted by Crippen LogP contribution is -2.59. The second-order valence-electron chi connectivity index (χ2n) is 5.36. The van der Waals surface area contributed by atoms with Crippen molar-refractivity contribution in [2.75, 3.05) is 39.4 Å². The van der Waals surface area contributed by atoms with Gasteiger partial charge >= 0.3 is 0 Å². The molecule has 2 heterocycles. The summed E-state index contributed by atoms with van der Waals surface area (Å²) in [7, 11) is -3.24. The van der Waals surface area contributed by atoms with E-state index in [9.17, 15) is 8.42 Å². The fourth-order valence-electron chi connectivity index (χ4n) is 2.85. The molecule has 0 N–H and O–H groups in total. The SMILES string of the molecule is O=S(=O)(Cc1ccccc1)N1CCN2CCOC[C@H]2C1. The monoisotopic (exact) mass is 296 g/mol. The van der Waals surface area contributed by atoms with Crippen molar-refractivity contribution in [2.45, 2.75) is 11.8 Å². The molecule has 2 saturated heterocycles. The van der Waals surface area contributed by atoms with Crippen LogP contribution >= 0.6 is 0 Å². The van der Waals surface area contributed by atoms with Gasteiger partial charge in [-0.1, -0.05) is 30.3 Å². The van der Waals surface area contributed by atoms with Gasteiger partial charge in [-0.05, 0) is 5.56 Å². The average Bonchev–Trinajstić information content (AvgIpc) is 2.47. The third-order valence-electron chi connectivity index (χ3n) is 3.99. The van der Waals surface area contributed by atoms with Crippen LogP contribution in [0.3, 0.4) is 0 Å². The molecule has 20 heavy (non-hydrogen) atoms. The van der Waals surface area contributed by atoms with Gasteiger partial charge in [0.15, 0.2) is 0 Å². The highest BCUT2D eigenvalue weighted by molar-refractivity contribution is 7.88. The first kappa shape index (κ1) is 14.0. The predicted octanol–water partition coefficient (Wildman–Crippen LogP) is 0.533. The summed E-state index contributed by atoms with van der Waals surface area (Å²) in [6.45, 7) is 4.25. The Morgan fingerprint density at radius 3 is 2.75 bits per heavy atom. The van der Waals surface area contributed by atoms with Crippen LogP contribution in [-0.2, 0) is 20.5 Å². The van der Waals surface area contributed by atoms with Gasteiger partial charge in [-0.25, -0.2) is 8.42 Å². The first-order valence-corrected chi connectivity index (χ1v) is 8.59. The third kappa shape index (κ3) is 3.03. The van der Waals surface area contributed by atoms with Crippen molar-refractivity contribution in [3.05, 3.63) is 35.9 Å². The van der Waals surface area contributed by atoms with Crippen LogP contribution < -0.4 is 0 Å². The topological polar surface area (TPSA) is 49.9 Å². The maximum Gasteiger partial charge on any atom is 0.218 e. The number of rotatable bonds is 3. The molecule has 1 atom stereocenters. The number of benzene rings is 1. The number of morpholine rings is 1. The fraction of sp³-hybridized carbons (Fsp3) is 0.571. The van der Waals surface area contributed by atoms with Crippen LogP contribution in [0.4, 0.5) is 0 Å². The zero-order valence-corrected chi connectivity index (χ0v) is 12.3. The molecule has 6 heteroatoms. The highest BCUT2D eigenvalue weighted by Gasteiger charge is 2.34. The van der Waals surface area contributed by atoms with Crippen molar-refractivity contribution < 1.29 is 13.2 Å². The van der Waals surface area contributed by atoms with E-state index in [0.29, 0.717) is 19.7 Å². The van der Waals surface area contributed by atoms with Gasteiger partial charge in [-0.2, -0.15) is 4.31 Å². The Balaban J connectivity index is 1.69. The first-order valence-electron chi connectivity index (χ1n) is 6.99. The van der Waals surface area contributed by atoms with Gasteiger partial charge in [0.05, 0.1) is 19.0 Å². The van der Waals surface area contributed by atoms with E-state index in [-0.39, 0.29) is 11.8 Å². The minimum atomic E-state index is -3.24. The lowest BCUT2D eigenvalue weighted by Gasteiger charge is -2.43. The number of ether oxygens (including phenoxy) is 1. The van der Waals surface area contributed by atoms with Crippen molar-refractivity contribution in [3.63, 3.8) is 0 Å². The smallest absolute Gasteiger partial charge is 0.218 e. The lowest BCUT2D eigenvalue weighted by molar-refractivity contribution is -0.0305. The predicted molar refractivity (Wildman–Crippen MR) is 76.8 cm³/mol. The van der Waals surface area contributed by atoms with Gasteiger partial charge in [0.2, 0.25) is 10.0 Å². The summed E-state index contributed by atoms with van der Waals surface area (Å²) < 4.78 is 32.1. The number of hydrogen-bond acceptors (Lipinski definition) is 4. The quantitative estimate of drug-likeness (QED) is 0.816. The largest absolute Gasteiger partial charge is 0.378 e. The van der Waals surface area contributed by atoms with Gasteiger partial charge in [0.25, 0.3) is 0 Å². The van der Waals surface area contributed by atoms with Gasteiger partial charge in [-0.15, -0.1) is 0 Å². The van der Waals surface area contributed by atoms with Gasteiger partial charge in [0, 0.05) is 32.2 Å². The van der Waals surface area contributed by atoms with Crippen molar-refractivity contribution in [3.8, 4) is 0 Å². The van der Waals surface area contributed by atoms with Crippen molar-refractivity contribution in [1.82, 2.24) is 9.21 Å². The number of hydrogen-bond donors (Lipinski definition) is 0. The molecule has 0 unspecified atom stereocenters. The second-order valence-corrected chi connectivity index (χ2v) is 7.33. The van der Waals surface area contributed by atoms with Gasteiger partial charge in [-0.3, -0.25) is 4.90 Å². The fourth-order valence-corrected chi connectivity index (χ4v) is 4.40. The first-order chi connectivity index (χ1) is 9.65. The summed E-state index contributed by atoms with van der Waals surface area (Å²) in [4.78, 5) is 2.33. The molecule has 1 aromatic rings. The van der Waals surface area contributed by atoms with Crippen LogP contribution in [0, 0.1) is 0 Å². The number of nitrogens with zero attached hydrogens (tertiary/aromatic N) is 2. The summed E-state index contributed by atoms with van der Waals surface area (Å²) in [6, 6.07) is 9.57. The summed E-state index contributed by atoms with van der Waals surface area (Å²) in [5.74, 6) is 0.0847. The van der Waals surface area contributed by atoms with Crippen molar-refractivity contribution in [1.29, 1.82) is 0 Å². The molecule has 2 aliphatic rings. The van der Waals surface area contributed by atoms with E-state index < -0.39 is 10.0 Å². The highest BCUT2D eigenvalue weighted by Crippen LogP contribution is 2.18. The number of piperazine rings is 1. The Morgan fingerprint density at radius 1 is 1.15 bits per heavy atom. The molecule has 0 bridgehead atoms. The molecule has 0 spiro atoms. The summed E-state index contributed by atoms with van der Waals surface area (Å²) in [5, 5.41) is 0. The van der Waals surface area contributed by atoms with E-state index >= 15 is 0 Å². The van der Waals surface area contributed by atoms with E-state index in [1.165, 1.54) is 0 Å². The summed E-state index contributed by atoms with van der Waals surface area (Å²) in [6.07, 6.45) is 0. The number of sulfonamides is 1. The van der Waals surface area contributed by atoms with E-state index in [4.69, 9.17) is 4.74 Å². The Hall–Kier alpha value is -0.950. The van der Waals surface area contributed by atoms with E-state index in [2.05, 4.69) is 4.90 Å². The zero-order chi connectivity index (χ0) is 14.0. The Labute approximate surface area is 120 Å². The summed E-state index contributed by atoms with van der Waals surface area (Å²) in [5.41, 5.74) is 0.842. The van der Waals surface area contributed by atoms with Crippen LogP contribution in [-0.4, -0.2) is 63.1 Å². The Morgan fingerprint density at radius 2 is 1.95 bits per heavy atom. The molecule has 0 saturated carbocycles. The normalized spacial score (nSPS) is 25.3. The van der Waals surface area contributed by atoms with Crippen LogP contribution in [0.15, 0.2) is 30.3 Å². The lowest BCUT2D eigenvalue weighted by atomic mass is 10.2. The maximum atomic E-state index is 12.5. The second kappa shape index (κ2) is 5.81. The zero-order valence-electron chi connectivity index (χ0n) is 11.4.